The lowest BCUT2D eigenvalue weighted by Crippen LogP contribution is -2.42. The van der Waals surface area contributed by atoms with Crippen molar-refractivity contribution in [2.45, 2.75) is 42.8 Å². The van der Waals surface area contributed by atoms with Gasteiger partial charge in [0, 0.05) is 49.1 Å². The monoisotopic (exact) mass is 417 g/mol. The van der Waals surface area contributed by atoms with E-state index in [9.17, 15) is 17.2 Å². The van der Waals surface area contributed by atoms with Gasteiger partial charge in [0.15, 0.2) is 5.82 Å². The Labute approximate surface area is 166 Å². The Hall–Kier alpha value is -2.72. The average molecular weight is 417 g/mol. The number of fused-ring (bicyclic) bond motifs is 3. The van der Waals surface area contributed by atoms with Gasteiger partial charge in [0.2, 0.25) is 10.0 Å². The van der Waals surface area contributed by atoms with Crippen LogP contribution in [0.25, 0.3) is 11.4 Å². The highest BCUT2D eigenvalue weighted by Crippen LogP contribution is 2.37. The molecule has 5 rings (SSSR count). The molecule has 4 heterocycles. The second-order valence-corrected chi connectivity index (χ2v) is 9.16. The van der Waals surface area contributed by atoms with Gasteiger partial charge in [-0.2, -0.15) is 4.31 Å². The minimum absolute atomic E-state index is 0.330. The lowest BCUT2D eigenvalue weighted by atomic mass is 10.1. The first kappa shape index (κ1) is 18.3. The van der Waals surface area contributed by atoms with E-state index in [4.69, 9.17) is 0 Å². The zero-order valence-corrected chi connectivity index (χ0v) is 16.1. The van der Waals surface area contributed by atoms with Crippen molar-refractivity contribution in [2.75, 3.05) is 0 Å². The van der Waals surface area contributed by atoms with Gasteiger partial charge >= 0.3 is 0 Å². The van der Waals surface area contributed by atoms with E-state index in [1.165, 1.54) is 4.31 Å². The normalized spacial score (nSPS) is 21.7. The van der Waals surface area contributed by atoms with E-state index in [0.717, 1.165) is 17.7 Å². The van der Waals surface area contributed by atoms with Gasteiger partial charge in [0.25, 0.3) is 0 Å². The van der Waals surface area contributed by atoms with E-state index >= 15 is 0 Å². The molecule has 0 radical (unpaired) electrons. The molecule has 0 N–H and O–H groups in total. The van der Waals surface area contributed by atoms with Gasteiger partial charge < -0.3 is 4.57 Å². The van der Waals surface area contributed by atoms with Crippen LogP contribution < -0.4 is 0 Å². The zero-order chi connectivity index (χ0) is 20.2. The maximum atomic E-state index is 13.7. The number of nitrogens with zero attached hydrogens (tertiary/aromatic N) is 5. The van der Waals surface area contributed by atoms with E-state index in [-0.39, 0.29) is 17.0 Å². The van der Waals surface area contributed by atoms with Gasteiger partial charge in [0.05, 0.1) is 4.90 Å². The average Bonchev–Trinajstić information content (AvgIpc) is 3.21. The topological polar surface area (TPSA) is 81.0 Å². The lowest BCUT2D eigenvalue weighted by Gasteiger charge is -2.27. The summed E-state index contributed by atoms with van der Waals surface area (Å²) in [5, 5.41) is 8.55. The van der Waals surface area contributed by atoms with Crippen LogP contribution in [0.2, 0.25) is 0 Å². The molecule has 7 nitrogen and oxygen atoms in total. The number of hydrogen-bond acceptors (Lipinski definition) is 5. The van der Waals surface area contributed by atoms with Crippen molar-refractivity contribution >= 4 is 10.0 Å². The smallest absolute Gasteiger partial charge is 0.243 e. The molecule has 2 aromatic heterocycles. The van der Waals surface area contributed by atoms with Crippen LogP contribution in [0.4, 0.5) is 8.78 Å². The van der Waals surface area contributed by atoms with Gasteiger partial charge in [-0.3, -0.25) is 4.98 Å². The fourth-order valence-electron chi connectivity index (χ4n) is 4.30. The first-order valence-electron chi connectivity index (χ1n) is 9.25. The Morgan fingerprint density at radius 1 is 1.03 bits per heavy atom. The fourth-order valence-corrected chi connectivity index (χ4v) is 6.20. The predicted octanol–water partition coefficient (Wildman–Crippen LogP) is 2.40. The summed E-state index contributed by atoms with van der Waals surface area (Å²) in [5.74, 6) is -0.500. The number of sulfonamides is 1. The molecule has 2 bridgehead atoms. The van der Waals surface area contributed by atoms with E-state index in [0.29, 0.717) is 43.5 Å². The van der Waals surface area contributed by atoms with Crippen molar-refractivity contribution in [1.82, 2.24) is 24.1 Å². The van der Waals surface area contributed by atoms with Crippen molar-refractivity contribution in [1.29, 1.82) is 0 Å². The predicted molar refractivity (Wildman–Crippen MR) is 99.1 cm³/mol. The number of benzene rings is 1. The van der Waals surface area contributed by atoms with Gasteiger partial charge in [0.1, 0.15) is 17.5 Å². The first-order chi connectivity index (χ1) is 13.9. The Balaban J connectivity index is 1.55. The molecule has 2 aliphatic rings. The van der Waals surface area contributed by atoms with Crippen molar-refractivity contribution in [3.63, 3.8) is 0 Å². The number of pyridine rings is 1. The van der Waals surface area contributed by atoms with Crippen LogP contribution in [-0.2, 0) is 23.0 Å². The van der Waals surface area contributed by atoms with Gasteiger partial charge in [-0.1, -0.05) is 0 Å². The summed E-state index contributed by atoms with van der Waals surface area (Å²) < 4.78 is 57.2. The van der Waals surface area contributed by atoms with Crippen LogP contribution >= 0.6 is 0 Å². The van der Waals surface area contributed by atoms with Crippen LogP contribution in [0, 0.1) is 11.6 Å². The molecular formula is C19H17F2N5O2S. The fraction of sp³-hybridized carbons (Fsp3) is 0.316. The molecule has 0 aliphatic carbocycles. The highest BCUT2D eigenvalue weighted by Gasteiger charge is 2.45. The summed E-state index contributed by atoms with van der Waals surface area (Å²) in [6, 6.07) is 5.39. The summed E-state index contributed by atoms with van der Waals surface area (Å²) >= 11 is 0. The highest BCUT2D eigenvalue weighted by atomic mass is 32.2. The third kappa shape index (κ3) is 3.03. The van der Waals surface area contributed by atoms with Crippen LogP contribution in [-0.4, -0.2) is 44.6 Å². The second-order valence-electron chi connectivity index (χ2n) is 7.32. The lowest BCUT2D eigenvalue weighted by molar-refractivity contribution is 0.315. The van der Waals surface area contributed by atoms with Crippen LogP contribution in [0.5, 0.6) is 0 Å². The molecule has 1 fully saturated rings. The van der Waals surface area contributed by atoms with Crippen molar-refractivity contribution in [3.05, 3.63) is 60.2 Å². The summed E-state index contributed by atoms with van der Waals surface area (Å²) in [4.78, 5) is 3.75. The molecule has 0 spiro atoms. The molecule has 2 atom stereocenters. The second kappa shape index (κ2) is 6.67. The molecular weight excluding hydrogens is 400 g/mol. The molecule has 1 aromatic carbocycles. The van der Waals surface area contributed by atoms with Gasteiger partial charge in [-0.25, -0.2) is 17.2 Å². The highest BCUT2D eigenvalue weighted by molar-refractivity contribution is 7.89. The van der Waals surface area contributed by atoms with E-state index in [1.54, 1.807) is 18.5 Å². The van der Waals surface area contributed by atoms with E-state index in [1.807, 2.05) is 10.6 Å². The number of rotatable bonds is 3. The van der Waals surface area contributed by atoms with Crippen LogP contribution in [0.15, 0.2) is 47.6 Å². The molecule has 2 unspecified atom stereocenters. The van der Waals surface area contributed by atoms with E-state index < -0.39 is 21.7 Å². The standard InChI is InChI=1S/C19H17F2N5O2S/c20-13-6-14(21)8-17(7-13)29(27,28)26-15-3-4-16(26)11-25-18(9-15)23-24-19(25)12-2-1-5-22-10-12/h1-2,5-8,10,15-16H,3-4,9,11H2. The third-order valence-corrected chi connectivity index (χ3v) is 7.51. The van der Waals surface area contributed by atoms with Crippen molar-refractivity contribution in [3.8, 4) is 11.4 Å². The van der Waals surface area contributed by atoms with Crippen LogP contribution in [0.1, 0.15) is 18.7 Å². The molecule has 2 aliphatic heterocycles. The Morgan fingerprint density at radius 2 is 1.79 bits per heavy atom. The molecule has 10 heteroatoms. The number of hydrogen-bond donors (Lipinski definition) is 0. The number of aromatic nitrogens is 4. The SMILES string of the molecule is O=S(=O)(c1cc(F)cc(F)c1)N1C2CCC1Cn1c(nnc1-c1cccnc1)C2. The zero-order valence-electron chi connectivity index (χ0n) is 15.2. The Morgan fingerprint density at radius 3 is 2.52 bits per heavy atom. The van der Waals surface area contributed by atoms with Gasteiger partial charge in [-0.15, -0.1) is 10.2 Å². The molecule has 3 aromatic rings. The molecule has 0 saturated carbocycles. The van der Waals surface area contributed by atoms with Crippen molar-refractivity contribution in [2.24, 2.45) is 0 Å². The summed E-state index contributed by atoms with van der Waals surface area (Å²) in [7, 11) is -4.06. The molecule has 29 heavy (non-hydrogen) atoms. The van der Waals surface area contributed by atoms with Crippen molar-refractivity contribution < 1.29 is 17.2 Å². The summed E-state index contributed by atoms with van der Waals surface area (Å²) in [6.07, 6.45) is 5.06. The molecule has 1 saturated heterocycles. The number of halogens is 2. The maximum Gasteiger partial charge on any atom is 0.243 e. The maximum absolute atomic E-state index is 13.7. The summed E-state index contributed by atoms with van der Waals surface area (Å²) in [5.41, 5.74) is 0.797. The largest absolute Gasteiger partial charge is 0.309 e. The first-order valence-corrected chi connectivity index (χ1v) is 10.7. The minimum Gasteiger partial charge on any atom is -0.309 e. The molecule has 0 amide bonds. The molecule has 150 valence electrons. The minimum atomic E-state index is -4.06. The van der Waals surface area contributed by atoms with Crippen LogP contribution in [0.3, 0.4) is 0 Å². The summed E-state index contributed by atoms with van der Waals surface area (Å²) in [6.45, 7) is 0.375. The third-order valence-electron chi connectivity index (χ3n) is 5.52. The Kier molecular flexibility index (Phi) is 4.21. The van der Waals surface area contributed by atoms with Gasteiger partial charge in [-0.05, 0) is 37.1 Å². The van der Waals surface area contributed by atoms with E-state index in [2.05, 4.69) is 15.2 Å². The quantitative estimate of drug-likeness (QED) is 0.654. The Bertz CT molecular complexity index is 1160.